The third-order valence-corrected chi connectivity index (χ3v) is 4.70. The predicted octanol–water partition coefficient (Wildman–Crippen LogP) is -2.86. The van der Waals surface area contributed by atoms with Crippen LogP contribution in [0.4, 0.5) is 0 Å². The average molecular weight is 448 g/mol. The molecule has 6 unspecified atom stereocenters. The number of aliphatic hydroxyl groups is 2. The molecular formula is C18H32N4O9. The minimum Gasteiger partial charge on any atom is -0.481 e. The maximum Gasteiger partial charge on any atom is 0.326 e. The molecule has 0 aliphatic carbocycles. The highest BCUT2D eigenvalue weighted by Gasteiger charge is 2.33. The van der Waals surface area contributed by atoms with Gasteiger partial charge in [-0.1, -0.05) is 20.3 Å². The molecule has 0 aliphatic rings. The van der Waals surface area contributed by atoms with Crippen LogP contribution in [0.2, 0.25) is 0 Å². The number of hydrogen-bond acceptors (Lipinski definition) is 8. The maximum atomic E-state index is 12.4. The Labute approximate surface area is 179 Å². The molecule has 0 aromatic heterocycles. The lowest BCUT2D eigenvalue weighted by Gasteiger charge is -2.26. The summed E-state index contributed by atoms with van der Waals surface area (Å²) in [5.41, 5.74) is 5.78. The summed E-state index contributed by atoms with van der Waals surface area (Å²) in [6.07, 6.45) is -1.82. The smallest absolute Gasteiger partial charge is 0.326 e. The van der Waals surface area contributed by atoms with Crippen molar-refractivity contribution in [3.8, 4) is 0 Å². The first kappa shape index (κ1) is 28.2. The molecule has 0 bridgehead atoms. The van der Waals surface area contributed by atoms with Gasteiger partial charge in [-0.2, -0.15) is 0 Å². The Hall–Kier alpha value is -2.77. The number of nitrogens with two attached hydrogens (primary N) is 1. The van der Waals surface area contributed by atoms with E-state index in [4.69, 9.17) is 15.9 Å². The molecule has 31 heavy (non-hydrogen) atoms. The lowest BCUT2D eigenvalue weighted by atomic mass is 9.99. The number of carboxylic acids is 2. The van der Waals surface area contributed by atoms with Crippen LogP contribution in [0.25, 0.3) is 0 Å². The first-order valence-corrected chi connectivity index (χ1v) is 9.75. The fourth-order valence-corrected chi connectivity index (χ4v) is 2.42. The zero-order valence-corrected chi connectivity index (χ0v) is 17.7. The fraction of sp³-hybridized carbons (Fsp3) is 0.722. The number of carbonyl (C=O) groups is 5. The Bertz CT molecular complexity index is 656. The van der Waals surface area contributed by atoms with Crippen molar-refractivity contribution < 1.29 is 44.4 Å². The summed E-state index contributed by atoms with van der Waals surface area (Å²) in [6, 6.07) is -5.61. The minimum absolute atomic E-state index is 0.197. The van der Waals surface area contributed by atoms with E-state index >= 15 is 0 Å². The number of aliphatic hydroxyl groups excluding tert-OH is 2. The zero-order chi connectivity index (χ0) is 24.3. The van der Waals surface area contributed by atoms with Gasteiger partial charge in [0.15, 0.2) is 0 Å². The van der Waals surface area contributed by atoms with E-state index in [-0.39, 0.29) is 5.92 Å². The summed E-state index contributed by atoms with van der Waals surface area (Å²) in [6.45, 7) is 3.88. The van der Waals surface area contributed by atoms with Gasteiger partial charge >= 0.3 is 11.9 Å². The summed E-state index contributed by atoms with van der Waals surface area (Å²) < 4.78 is 0. The molecule has 0 spiro atoms. The molecule has 6 atom stereocenters. The Morgan fingerprint density at radius 1 is 0.903 bits per heavy atom. The van der Waals surface area contributed by atoms with Crippen LogP contribution in [0.1, 0.15) is 40.0 Å². The number of hydrogen-bond donors (Lipinski definition) is 8. The molecule has 0 heterocycles. The average Bonchev–Trinajstić information content (AvgIpc) is 2.70. The van der Waals surface area contributed by atoms with Gasteiger partial charge in [0.05, 0.1) is 18.8 Å². The highest BCUT2D eigenvalue weighted by atomic mass is 16.4. The number of rotatable bonds is 14. The second kappa shape index (κ2) is 13.5. The molecule has 0 aliphatic heterocycles. The predicted molar refractivity (Wildman–Crippen MR) is 106 cm³/mol. The monoisotopic (exact) mass is 448 g/mol. The number of nitrogens with one attached hydrogen (secondary N) is 3. The summed E-state index contributed by atoms with van der Waals surface area (Å²) in [5, 5.41) is 43.5. The first-order chi connectivity index (χ1) is 14.3. The summed E-state index contributed by atoms with van der Waals surface area (Å²) in [4.78, 5) is 58.8. The van der Waals surface area contributed by atoms with Gasteiger partial charge < -0.3 is 42.1 Å². The summed E-state index contributed by atoms with van der Waals surface area (Å²) >= 11 is 0. The Kier molecular flexibility index (Phi) is 12.3. The summed E-state index contributed by atoms with van der Waals surface area (Å²) in [7, 11) is 0. The van der Waals surface area contributed by atoms with E-state index in [2.05, 4.69) is 16.0 Å². The van der Waals surface area contributed by atoms with Crippen LogP contribution < -0.4 is 21.7 Å². The molecule has 0 aromatic rings. The molecule has 0 rings (SSSR count). The molecule has 13 heteroatoms. The molecule has 13 nitrogen and oxygen atoms in total. The van der Waals surface area contributed by atoms with Crippen LogP contribution in [0, 0.1) is 5.92 Å². The van der Waals surface area contributed by atoms with E-state index in [1.807, 2.05) is 6.92 Å². The Morgan fingerprint density at radius 2 is 1.45 bits per heavy atom. The van der Waals surface area contributed by atoms with Crippen LogP contribution in [0.3, 0.4) is 0 Å². The second-order valence-electron chi connectivity index (χ2n) is 7.21. The minimum atomic E-state index is -1.63. The number of aliphatic carboxylic acids is 2. The van der Waals surface area contributed by atoms with E-state index in [1.165, 1.54) is 0 Å². The molecular weight excluding hydrogens is 416 g/mol. The largest absolute Gasteiger partial charge is 0.481 e. The zero-order valence-electron chi connectivity index (χ0n) is 17.7. The highest BCUT2D eigenvalue weighted by Crippen LogP contribution is 2.06. The second-order valence-corrected chi connectivity index (χ2v) is 7.21. The van der Waals surface area contributed by atoms with Crippen molar-refractivity contribution in [1.29, 1.82) is 0 Å². The van der Waals surface area contributed by atoms with Gasteiger partial charge in [0.2, 0.25) is 17.7 Å². The highest BCUT2D eigenvalue weighted by molar-refractivity contribution is 5.94. The Balaban J connectivity index is 5.21. The lowest BCUT2D eigenvalue weighted by molar-refractivity contribution is -0.144. The van der Waals surface area contributed by atoms with E-state index in [0.717, 1.165) is 6.92 Å². The molecule has 0 aromatic carbocycles. The third-order valence-electron chi connectivity index (χ3n) is 4.70. The van der Waals surface area contributed by atoms with Crippen LogP contribution in [0.5, 0.6) is 0 Å². The fourth-order valence-electron chi connectivity index (χ4n) is 2.42. The van der Waals surface area contributed by atoms with Gasteiger partial charge in [-0.15, -0.1) is 0 Å². The number of amides is 3. The molecule has 9 N–H and O–H groups in total. The van der Waals surface area contributed by atoms with Crippen LogP contribution in [0.15, 0.2) is 0 Å². The van der Waals surface area contributed by atoms with Crippen molar-refractivity contribution in [2.24, 2.45) is 11.7 Å². The van der Waals surface area contributed by atoms with Crippen molar-refractivity contribution in [2.45, 2.75) is 70.3 Å². The SMILES string of the molecule is CCC(C)C(N)C(=O)NC(CO)C(=O)NC(C(=O)NC(CCC(=O)O)C(=O)O)C(C)O. The standard InChI is InChI=1S/C18H32N4O9/c1-4-8(2)13(19)16(28)21-11(7-23)15(27)22-14(9(3)24)17(29)20-10(18(30)31)5-6-12(25)26/h8-11,13-14,23-24H,4-7,19H2,1-3H3,(H,20,29)(H,21,28)(H,22,27)(H,25,26)(H,30,31). The van der Waals surface area contributed by atoms with Gasteiger partial charge in [-0.05, 0) is 19.3 Å². The topological polar surface area (TPSA) is 228 Å². The number of carboxylic acid groups (broad SMARTS) is 2. The summed E-state index contributed by atoms with van der Waals surface area (Å²) in [5.74, 6) is -5.74. The molecule has 0 fully saturated rings. The van der Waals surface area contributed by atoms with Gasteiger partial charge in [-0.3, -0.25) is 19.2 Å². The first-order valence-electron chi connectivity index (χ1n) is 9.75. The van der Waals surface area contributed by atoms with Gasteiger partial charge in [0.1, 0.15) is 18.1 Å². The quantitative estimate of drug-likeness (QED) is 0.135. The molecule has 3 amide bonds. The Morgan fingerprint density at radius 3 is 1.87 bits per heavy atom. The van der Waals surface area contributed by atoms with E-state index in [1.54, 1.807) is 6.92 Å². The van der Waals surface area contributed by atoms with Gasteiger partial charge in [-0.25, -0.2) is 4.79 Å². The molecule has 0 saturated carbocycles. The number of carbonyl (C=O) groups excluding carboxylic acids is 3. The van der Waals surface area contributed by atoms with Crippen molar-refractivity contribution in [3.05, 3.63) is 0 Å². The van der Waals surface area contributed by atoms with Crippen molar-refractivity contribution in [1.82, 2.24) is 16.0 Å². The van der Waals surface area contributed by atoms with Crippen LogP contribution in [-0.2, 0) is 24.0 Å². The molecule has 178 valence electrons. The van der Waals surface area contributed by atoms with E-state index < -0.39 is 79.4 Å². The molecule has 0 radical (unpaired) electrons. The van der Waals surface area contributed by atoms with Crippen molar-refractivity contribution in [3.63, 3.8) is 0 Å². The van der Waals surface area contributed by atoms with Crippen LogP contribution >= 0.6 is 0 Å². The van der Waals surface area contributed by atoms with E-state index in [0.29, 0.717) is 6.42 Å². The maximum absolute atomic E-state index is 12.4. The van der Waals surface area contributed by atoms with Crippen LogP contribution in [-0.4, -0.2) is 87.0 Å². The normalized spacial score (nSPS) is 16.7. The van der Waals surface area contributed by atoms with Gasteiger partial charge in [0.25, 0.3) is 0 Å². The lowest BCUT2D eigenvalue weighted by Crippen LogP contribution is -2.60. The van der Waals surface area contributed by atoms with Gasteiger partial charge in [0, 0.05) is 6.42 Å². The van der Waals surface area contributed by atoms with E-state index in [9.17, 15) is 34.2 Å². The van der Waals surface area contributed by atoms with Crippen molar-refractivity contribution in [2.75, 3.05) is 6.61 Å². The molecule has 0 saturated heterocycles. The van der Waals surface area contributed by atoms with Crippen molar-refractivity contribution >= 4 is 29.7 Å². The third kappa shape index (κ3) is 9.72.